The fourth-order valence-corrected chi connectivity index (χ4v) is 7.75. The van der Waals surface area contributed by atoms with Gasteiger partial charge in [-0.05, 0) is 116 Å². The topological polar surface area (TPSA) is 78.9 Å². The van der Waals surface area contributed by atoms with Gasteiger partial charge in [0.25, 0.3) is 0 Å². The number of carbonyl (C=O) groups excluding carboxylic acids is 3. The van der Waals surface area contributed by atoms with Gasteiger partial charge in [0.05, 0.1) is 0 Å². The van der Waals surface area contributed by atoms with Crippen LogP contribution in [0.4, 0.5) is 0 Å². The zero-order chi connectivity index (χ0) is 49.3. The van der Waals surface area contributed by atoms with Crippen molar-refractivity contribution in [3.8, 4) is 0 Å². The summed E-state index contributed by atoms with van der Waals surface area (Å²) >= 11 is 0. The maximum atomic E-state index is 12.8. The van der Waals surface area contributed by atoms with Gasteiger partial charge in [-0.25, -0.2) is 0 Å². The molecule has 0 bridgehead atoms. The molecule has 0 aliphatic carbocycles. The maximum absolute atomic E-state index is 12.8. The predicted molar refractivity (Wildman–Crippen MR) is 293 cm³/mol. The van der Waals surface area contributed by atoms with Gasteiger partial charge in [0, 0.05) is 19.3 Å². The van der Waals surface area contributed by atoms with Crippen molar-refractivity contribution in [2.24, 2.45) is 0 Å². The molecular weight excluding hydrogens is 841 g/mol. The van der Waals surface area contributed by atoms with E-state index in [1.165, 1.54) is 141 Å². The van der Waals surface area contributed by atoms with Crippen molar-refractivity contribution in [2.75, 3.05) is 13.2 Å². The molecule has 0 amide bonds. The van der Waals surface area contributed by atoms with Gasteiger partial charge >= 0.3 is 17.9 Å². The molecule has 68 heavy (non-hydrogen) atoms. The number of allylic oxidation sites excluding steroid dienone is 14. The van der Waals surface area contributed by atoms with Crippen LogP contribution in [0.5, 0.6) is 0 Å². The summed E-state index contributed by atoms with van der Waals surface area (Å²) in [6.07, 6.45) is 72.9. The molecule has 0 aromatic heterocycles. The Morgan fingerprint density at radius 2 is 0.544 bits per heavy atom. The summed E-state index contributed by atoms with van der Waals surface area (Å²) in [6.45, 7) is 6.53. The SMILES string of the molecule is CCCCC/C=C\C/C=C\C/C=C\C/C=C\CCCC(=O)O[C@H](COC(=O)CCCCCCC/C=C\CCCCCCC)COC(=O)CCCCCCCCCCC/C=C\C/C=C\CCCCC. The minimum absolute atomic E-state index is 0.103. The van der Waals surface area contributed by atoms with Gasteiger partial charge in [-0.2, -0.15) is 0 Å². The number of rotatable bonds is 51. The normalized spacial score (nSPS) is 12.7. The third-order valence-corrected chi connectivity index (χ3v) is 12.1. The van der Waals surface area contributed by atoms with Crippen molar-refractivity contribution in [1.29, 1.82) is 0 Å². The lowest BCUT2D eigenvalue weighted by atomic mass is 10.1. The second kappa shape index (κ2) is 56.2. The van der Waals surface area contributed by atoms with E-state index in [1.807, 2.05) is 0 Å². The highest BCUT2D eigenvalue weighted by Gasteiger charge is 2.19. The van der Waals surface area contributed by atoms with E-state index in [1.54, 1.807) is 0 Å². The number of hydrogen-bond donors (Lipinski definition) is 0. The molecular formula is C62H106O6. The Morgan fingerprint density at radius 1 is 0.294 bits per heavy atom. The fourth-order valence-electron chi connectivity index (χ4n) is 7.75. The summed E-state index contributed by atoms with van der Waals surface area (Å²) in [5.41, 5.74) is 0. The molecule has 0 saturated carbocycles. The molecule has 1 atom stereocenters. The van der Waals surface area contributed by atoms with Crippen LogP contribution in [0.25, 0.3) is 0 Å². The Balaban J connectivity index is 4.47. The van der Waals surface area contributed by atoms with Crippen molar-refractivity contribution in [2.45, 2.75) is 277 Å². The molecule has 0 aromatic rings. The number of ether oxygens (including phenoxy) is 3. The highest BCUT2D eigenvalue weighted by atomic mass is 16.6. The van der Waals surface area contributed by atoms with Crippen molar-refractivity contribution >= 4 is 17.9 Å². The van der Waals surface area contributed by atoms with Crippen LogP contribution in [-0.2, 0) is 28.6 Å². The van der Waals surface area contributed by atoms with Crippen LogP contribution < -0.4 is 0 Å². The van der Waals surface area contributed by atoms with Gasteiger partial charge in [0.2, 0.25) is 0 Å². The Labute approximate surface area is 420 Å². The van der Waals surface area contributed by atoms with Crippen LogP contribution in [0.15, 0.2) is 85.1 Å². The van der Waals surface area contributed by atoms with E-state index in [2.05, 4.69) is 106 Å². The van der Waals surface area contributed by atoms with Gasteiger partial charge in [-0.3, -0.25) is 14.4 Å². The molecule has 6 nitrogen and oxygen atoms in total. The van der Waals surface area contributed by atoms with Crippen molar-refractivity contribution in [3.05, 3.63) is 85.1 Å². The van der Waals surface area contributed by atoms with Crippen molar-refractivity contribution < 1.29 is 28.6 Å². The average Bonchev–Trinajstić information content (AvgIpc) is 3.34. The van der Waals surface area contributed by atoms with Gasteiger partial charge < -0.3 is 14.2 Å². The summed E-state index contributed by atoms with van der Waals surface area (Å²) in [5, 5.41) is 0. The van der Waals surface area contributed by atoms with Crippen LogP contribution in [0.2, 0.25) is 0 Å². The van der Waals surface area contributed by atoms with Crippen molar-refractivity contribution in [3.63, 3.8) is 0 Å². The lowest BCUT2D eigenvalue weighted by Crippen LogP contribution is -2.30. The molecule has 0 rings (SSSR count). The molecule has 0 fully saturated rings. The van der Waals surface area contributed by atoms with E-state index in [9.17, 15) is 14.4 Å². The van der Waals surface area contributed by atoms with Crippen LogP contribution in [0.3, 0.4) is 0 Å². The third kappa shape index (κ3) is 53.5. The summed E-state index contributed by atoms with van der Waals surface area (Å²) < 4.78 is 16.8. The second-order valence-corrected chi connectivity index (χ2v) is 18.8. The molecule has 0 radical (unpaired) electrons. The van der Waals surface area contributed by atoms with Crippen molar-refractivity contribution in [1.82, 2.24) is 0 Å². The molecule has 6 heteroatoms. The number of hydrogen-bond acceptors (Lipinski definition) is 6. The van der Waals surface area contributed by atoms with Crippen LogP contribution in [-0.4, -0.2) is 37.2 Å². The lowest BCUT2D eigenvalue weighted by Gasteiger charge is -2.18. The summed E-state index contributed by atoms with van der Waals surface area (Å²) in [5.74, 6) is -0.968. The molecule has 0 spiro atoms. The first kappa shape index (κ1) is 64.6. The molecule has 0 aliphatic rings. The maximum Gasteiger partial charge on any atom is 0.306 e. The highest BCUT2D eigenvalue weighted by molar-refractivity contribution is 5.71. The molecule has 0 aliphatic heterocycles. The van der Waals surface area contributed by atoms with E-state index in [-0.39, 0.29) is 37.5 Å². The van der Waals surface area contributed by atoms with E-state index in [4.69, 9.17) is 14.2 Å². The summed E-state index contributed by atoms with van der Waals surface area (Å²) in [6, 6.07) is 0. The van der Waals surface area contributed by atoms with E-state index < -0.39 is 6.10 Å². The lowest BCUT2D eigenvalue weighted by molar-refractivity contribution is -0.167. The third-order valence-electron chi connectivity index (χ3n) is 12.1. The predicted octanol–water partition coefficient (Wildman–Crippen LogP) is 19.2. The largest absolute Gasteiger partial charge is 0.462 e. The minimum atomic E-state index is -0.811. The first-order valence-corrected chi connectivity index (χ1v) is 28.6. The van der Waals surface area contributed by atoms with Gasteiger partial charge in [-0.15, -0.1) is 0 Å². The molecule has 0 aromatic carbocycles. The smallest absolute Gasteiger partial charge is 0.306 e. The Bertz CT molecular complexity index is 1320. The van der Waals surface area contributed by atoms with E-state index in [0.717, 1.165) is 83.5 Å². The van der Waals surface area contributed by atoms with Crippen LogP contribution >= 0.6 is 0 Å². The van der Waals surface area contributed by atoms with Gasteiger partial charge in [0.1, 0.15) is 13.2 Å². The first-order valence-electron chi connectivity index (χ1n) is 28.6. The first-order chi connectivity index (χ1) is 33.5. The highest BCUT2D eigenvalue weighted by Crippen LogP contribution is 2.14. The zero-order valence-electron chi connectivity index (χ0n) is 44.6. The number of unbranched alkanes of at least 4 members (excludes halogenated alkanes) is 26. The number of carbonyl (C=O) groups is 3. The Hall–Kier alpha value is -3.41. The quantitative estimate of drug-likeness (QED) is 0.0262. The van der Waals surface area contributed by atoms with Gasteiger partial charge in [0.15, 0.2) is 6.10 Å². The standard InChI is InChI=1S/C62H106O6/c1-4-7-10-13-16-19-22-25-28-30-31-33-34-37-40-43-46-49-52-55-61(64)67-58-59(57-66-60(63)54-51-48-45-42-39-36-27-24-21-18-15-12-9-6-3)68-62(65)56-53-50-47-44-41-38-35-32-29-26-23-20-17-14-11-8-5-2/h16-17,19-20,24-29,35,38,44,47,59H,4-15,18,21-23,30-34,36-37,39-43,45-46,48-58H2,1-3H3/b19-16-,20-17-,27-24-,28-25-,29-26-,38-35-,47-44-/t59-/m1/s1. The Kier molecular flexibility index (Phi) is 53.4. The van der Waals surface area contributed by atoms with Crippen LogP contribution in [0, 0.1) is 0 Å². The zero-order valence-corrected chi connectivity index (χ0v) is 44.6. The summed E-state index contributed by atoms with van der Waals surface area (Å²) in [7, 11) is 0. The average molecular weight is 948 g/mol. The molecule has 0 saturated heterocycles. The monoisotopic (exact) mass is 947 g/mol. The molecule has 0 heterocycles. The molecule has 0 N–H and O–H groups in total. The second-order valence-electron chi connectivity index (χ2n) is 18.8. The van der Waals surface area contributed by atoms with Gasteiger partial charge in [-0.1, -0.05) is 221 Å². The van der Waals surface area contributed by atoms with E-state index in [0.29, 0.717) is 19.3 Å². The fraction of sp³-hybridized carbons (Fsp3) is 0.726. The van der Waals surface area contributed by atoms with E-state index >= 15 is 0 Å². The molecule has 0 unspecified atom stereocenters. The summed E-state index contributed by atoms with van der Waals surface area (Å²) in [4.78, 5) is 38.1. The molecule has 390 valence electrons. The number of esters is 3. The van der Waals surface area contributed by atoms with Crippen LogP contribution in [0.1, 0.15) is 271 Å². The minimum Gasteiger partial charge on any atom is -0.462 e. The Morgan fingerprint density at radius 3 is 0.912 bits per heavy atom.